The van der Waals surface area contributed by atoms with Crippen molar-refractivity contribution >= 4 is 34.7 Å². The van der Waals surface area contributed by atoms with Gasteiger partial charge in [0.05, 0.1) is 41.5 Å². The molecule has 0 bridgehead atoms. The van der Waals surface area contributed by atoms with E-state index in [0.717, 1.165) is 35.7 Å². The summed E-state index contributed by atoms with van der Waals surface area (Å²) in [5, 5.41) is 10.8. The Hall–Kier alpha value is -3.99. The summed E-state index contributed by atoms with van der Waals surface area (Å²) in [5.74, 6) is 1.44. The number of carbonyl (C=O) groups excluding carboxylic acids is 2. The molecule has 2 aliphatic rings. The van der Waals surface area contributed by atoms with E-state index in [4.69, 9.17) is 4.84 Å². The highest BCUT2D eigenvalue weighted by Crippen LogP contribution is 2.42. The van der Waals surface area contributed by atoms with Crippen LogP contribution in [0.4, 0.5) is 22.9 Å². The Morgan fingerprint density at radius 2 is 2.00 bits per heavy atom. The van der Waals surface area contributed by atoms with Crippen LogP contribution in [0.5, 0.6) is 0 Å². The van der Waals surface area contributed by atoms with E-state index in [2.05, 4.69) is 43.0 Å². The van der Waals surface area contributed by atoms with Gasteiger partial charge in [0.15, 0.2) is 5.82 Å². The highest BCUT2D eigenvalue weighted by molar-refractivity contribution is 6.01. The quantitative estimate of drug-likeness (QED) is 0.478. The molecule has 1 aliphatic heterocycles. The zero-order valence-electron chi connectivity index (χ0n) is 19.4. The average molecular weight is 463 g/mol. The van der Waals surface area contributed by atoms with Gasteiger partial charge in [-0.2, -0.15) is 5.10 Å². The van der Waals surface area contributed by atoms with Crippen LogP contribution in [-0.4, -0.2) is 45.7 Å². The summed E-state index contributed by atoms with van der Waals surface area (Å²) in [6, 6.07) is 7.46. The van der Waals surface area contributed by atoms with E-state index in [1.54, 1.807) is 6.07 Å². The van der Waals surface area contributed by atoms with E-state index in [-0.39, 0.29) is 23.4 Å². The molecule has 11 heteroatoms. The van der Waals surface area contributed by atoms with Crippen molar-refractivity contribution in [3.05, 3.63) is 47.7 Å². The number of benzene rings is 1. The highest BCUT2D eigenvalue weighted by atomic mass is 16.6. The second-order valence-corrected chi connectivity index (χ2v) is 8.53. The molecule has 176 valence electrons. The Bertz CT molecular complexity index is 1280. The molecule has 2 aromatic heterocycles. The van der Waals surface area contributed by atoms with Crippen LogP contribution in [-0.2, 0) is 9.63 Å². The van der Waals surface area contributed by atoms with Gasteiger partial charge in [0.2, 0.25) is 5.91 Å². The summed E-state index contributed by atoms with van der Waals surface area (Å²) in [5.41, 5.74) is 5.63. The second kappa shape index (κ2) is 8.41. The molecule has 3 N–H and O–H groups in total. The van der Waals surface area contributed by atoms with Crippen LogP contribution < -0.4 is 21.0 Å². The number of anilines is 4. The van der Waals surface area contributed by atoms with Crippen LogP contribution in [0.15, 0.2) is 30.5 Å². The van der Waals surface area contributed by atoms with Gasteiger partial charge in [-0.25, -0.2) is 20.1 Å². The fraction of sp³-hybridized carbons (Fsp3) is 0.348. The topological polar surface area (TPSA) is 126 Å². The van der Waals surface area contributed by atoms with Gasteiger partial charge in [-0.15, -0.1) is 0 Å². The van der Waals surface area contributed by atoms with Crippen LogP contribution in [0.1, 0.15) is 47.8 Å². The molecular weight excluding hydrogens is 436 g/mol. The van der Waals surface area contributed by atoms with Crippen LogP contribution in [0.25, 0.3) is 5.69 Å². The van der Waals surface area contributed by atoms with Crippen molar-refractivity contribution in [2.75, 3.05) is 29.7 Å². The van der Waals surface area contributed by atoms with Gasteiger partial charge >= 0.3 is 0 Å². The molecule has 3 aromatic rings. The maximum absolute atomic E-state index is 12.6. The maximum atomic E-state index is 12.6. The molecule has 11 nitrogen and oxygen atoms in total. The molecule has 0 radical (unpaired) electrons. The van der Waals surface area contributed by atoms with E-state index in [1.807, 2.05) is 36.9 Å². The number of hydrogen-bond acceptors (Lipinski definition) is 8. The lowest BCUT2D eigenvalue weighted by molar-refractivity contribution is -0.117. The molecule has 0 spiro atoms. The average Bonchev–Trinajstić information content (AvgIpc) is 3.59. The Labute approximate surface area is 196 Å². The minimum atomic E-state index is -0.460. The van der Waals surface area contributed by atoms with E-state index < -0.39 is 5.91 Å². The standard InChI is InChI=1S/C23H26N8O3/c1-12-21-25-13(2)28-31(21)18-7-5-6-16(20(18)30(12)3)26-17-10-19(27-22(32)14-8-9-14)24-11-15(17)23(33)29-34-4/h5-7,10-12,14H,8-9H2,1-4H3,(H,29,33)(H2,24,26,27,32)/t12-/m0/s1. The second-order valence-electron chi connectivity index (χ2n) is 8.53. The summed E-state index contributed by atoms with van der Waals surface area (Å²) >= 11 is 0. The van der Waals surface area contributed by atoms with Gasteiger partial charge < -0.3 is 15.5 Å². The van der Waals surface area contributed by atoms with Gasteiger partial charge in [0.1, 0.15) is 11.6 Å². The predicted molar refractivity (Wildman–Crippen MR) is 126 cm³/mol. The number of para-hydroxylation sites is 1. The van der Waals surface area contributed by atoms with E-state index >= 15 is 0 Å². The Morgan fingerprint density at radius 1 is 1.21 bits per heavy atom. The third-order valence-electron chi connectivity index (χ3n) is 6.10. The van der Waals surface area contributed by atoms with Crippen molar-refractivity contribution in [3.63, 3.8) is 0 Å². The number of pyridine rings is 1. The fourth-order valence-corrected chi connectivity index (χ4v) is 4.09. The predicted octanol–water partition coefficient (Wildman–Crippen LogP) is 2.86. The first-order valence-electron chi connectivity index (χ1n) is 11.1. The van der Waals surface area contributed by atoms with Crippen LogP contribution in [0.2, 0.25) is 0 Å². The largest absolute Gasteiger partial charge is 0.361 e. The van der Waals surface area contributed by atoms with Gasteiger partial charge in [-0.05, 0) is 38.8 Å². The van der Waals surface area contributed by atoms with Crippen molar-refractivity contribution in [1.82, 2.24) is 25.2 Å². The van der Waals surface area contributed by atoms with Gasteiger partial charge in [0.25, 0.3) is 5.91 Å². The van der Waals surface area contributed by atoms with E-state index in [1.165, 1.54) is 13.3 Å². The number of amides is 2. The lowest BCUT2D eigenvalue weighted by Crippen LogP contribution is -2.31. The third-order valence-corrected chi connectivity index (χ3v) is 6.10. The lowest BCUT2D eigenvalue weighted by Gasteiger charge is -2.35. The molecular formula is C23H26N8O3. The molecule has 1 atom stereocenters. The Kier molecular flexibility index (Phi) is 5.40. The first-order valence-corrected chi connectivity index (χ1v) is 11.1. The molecule has 1 saturated carbocycles. The van der Waals surface area contributed by atoms with Crippen molar-refractivity contribution in [3.8, 4) is 5.69 Å². The first kappa shape index (κ1) is 21.8. The summed E-state index contributed by atoms with van der Waals surface area (Å²) in [6.07, 6.45) is 3.19. The number of carbonyl (C=O) groups is 2. The lowest BCUT2D eigenvalue weighted by atomic mass is 10.1. The van der Waals surface area contributed by atoms with E-state index in [0.29, 0.717) is 17.3 Å². The first-order chi connectivity index (χ1) is 16.4. The van der Waals surface area contributed by atoms with Crippen molar-refractivity contribution in [2.24, 2.45) is 5.92 Å². The number of hydrogen-bond donors (Lipinski definition) is 3. The summed E-state index contributed by atoms with van der Waals surface area (Å²) in [7, 11) is 3.36. The molecule has 1 aliphatic carbocycles. The molecule has 3 heterocycles. The third kappa shape index (κ3) is 3.83. The normalized spacial score (nSPS) is 16.5. The van der Waals surface area contributed by atoms with Crippen molar-refractivity contribution in [2.45, 2.75) is 32.7 Å². The summed E-state index contributed by atoms with van der Waals surface area (Å²) < 4.78 is 1.85. The molecule has 34 heavy (non-hydrogen) atoms. The SMILES string of the molecule is CONC(=O)c1cnc(NC(=O)C2CC2)cc1Nc1cccc2c1N(C)[C@@H](C)c1nc(C)nn1-2. The zero-order chi connectivity index (χ0) is 24.0. The van der Waals surface area contributed by atoms with Gasteiger partial charge in [0, 0.05) is 25.2 Å². The molecule has 0 saturated heterocycles. The minimum Gasteiger partial charge on any atom is -0.361 e. The number of rotatable bonds is 6. The number of nitrogens with one attached hydrogen (secondary N) is 3. The molecule has 2 amide bonds. The Morgan fingerprint density at radius 3 is 2.74 bits per heavy atom. The number of fused-ring (bicyclic) bond motifs is 3. The van der Waals surface area contributed by atoms with Crippen LogP contribution in [0, 0.1) is 12.8 Å². The molecule has 1 aromatic carbocycles. The van der Waals surface area contributed by atoms with Crippen molar-refractivity contribution < 1.29 is 14.4 Å². The number of nitrogens with zero attached hydrogens (tertiary/aromatic N) is 5. The number of aryl methyl sites for hydroxylation is 1. The van der Waals surface area contributed by atoms with Crippen molar-refractivity contribution in [1.29, 1.82) is 0 Å². The summed E-state index contributed by atoms with van der Waals surface area (Å²) in [6.45, 7) is 3.93. The van der Waals surface area contributed by atoms with Crippen LogP contribution in [0.3, 0.4) is 0 Å². The highest BCUT2D eigenvalue weighted by Gasteiger charge is 2.32. The van der Waals surface area contributed by atoms with Crippen LogP contribution >= 0.6 is 0 Å². The minimum absolute atomic E-state index is 0.0151. The summed E-state index contributed by atoms with van der Waals surface area (Å²) in [4.78, 5) is 40.7. The van der Waals surface area contributed by atoms with E-state index in [9.17, 15) is 9.59 Å². The van der Waals surface area contributed by atoms with Gasteiger partial charge in [-0.3, -0.25) is 14.4 Å². The maximum Gasteiger partial charge on any atom is 0.278 e. The Balaban J connectivity index is 1.56. The number of hydroxylamine groups is 1. The molecule has 1 fully saturated rings. The fourth-order valence-electron chi connectivity index (χ4n) is 4.09. The molecule has 0 unspecified atom stereocenters. The molecule has 5 rings (SSSR count). The van der Waals surface area contributed by atoms with Gasteiger partial charge in [-0.1, -0.05) is 6.07 Å². The monoisotopic (exact) mass is 462 g/mol. The smallest absolute Gasteiger partial charge is 0.278 e. The zero-order valence-corrected chi connectivity index (χ0v) is 19.4. The number of aromatic nitrogens is 4.